The van der Waals surface area contributed by atoms with Gasteiger partial charge in [0.2, 0.25) is 0 Å². The molecule has 0 aromatic heterocycles. The van der Waals surface area contributed by atoms with E-state index in [-0.39, 0.29) is 5.41 Å². The van der Waals surface area contributed by atoms with E-state index in [0.29, 0.717) is 11.8 Å². The van der Waals surface area contributed by atoms with Crippen molar-refractivity contribution in [2.75, 3.05) is 5.88 Å². The normalized spacial score (nSPS) is 13.9. The number of alkyl halides is 1. The van der Waals surface area contributed by atoms with Gasteiger partial charge in [-0.05, 0) is 35.4 Å². The monoisotopic (exact) mass is 244 g/mol. The fourth-order valence-electron chi connectivity index (χ4n) is 1.50. The molecule has 0 aliphatic rings. The van der Waals surface area contributed by atoms with Crippen molar-refractivity contribution in [3.63, 3.8) is 0 Å². The number of hydrogen-bond donors (Lipinski definition) is 0. The maximum absolute atomic E-state index is 6.01. The van der Waals surface area contributed by atoms with E-state index in [0.717, 1.165) is 11.4 Å². The number of halogens is 2. The summed E-state index contributed by atoms with van der Waals surface area (Å²) in [6.45, 7) is 6.70. The maximum atomic E-state index is 6.01. The van der Waals surface area contributed by atoms with Crippen molar-refractivity contribution in [3.8, 4) is 0 Å². The topological polar surface area (TPSA) is 0 Å². The van der Waals surface area contributed by atoms with Gasteiger partial charge in [-0.2, -0.15) is 0 Å². The number of benzene rings is 1. The van der Waals surface area contributed by atoms with Crippen LogP contribution >= 0.6 is 23.2 Å². The summed E-state index contributed by atoms with van der Waals surface area (Å²) < 4.78 is 0. The SMILES string of the molecule is CC(C)(C)C(CCl)Cc1ccc(Cl)cc1. The van der Waals surface area contributed by atoms with Gasteiger partial charge in [-0.15, -0.1) is 11.6 Å². The average Bonchev–Trinajstić information content (AvgIpc) is 2.15. The first kappa shape index (κ1) is 12.9. The van der Waals surface area contributed by atoms with Gasteiger partial charge in [0, 0.05) is 10.9 Å². The van der Waals surface area contributed by atoms with Crippen LogP contribution in [0, 0.1) is 11.3 Å². The summed E-state index contributed by atoms with van der Waals surface area (Å²) in [5.74, 6) is 1.20. The molecule has 0 saturated carbocycles. The molecule has 15 heavy (non-hydrogen) atoms. The van der Waals surface area contributed by atoms with Crippen LogP contribution in [-0.4, -0.2) is 5.88 Å². The number of hydrogen-bond acceptors (Lipinski definition) is 0. The summed E-state index contributed by atoms with van der Waals surface area (Å²) in [5.41, 5.74) is 1.56. The fraction of sp³-hybridized carbons (Fsp3) is 0.538. The summed E-state index contributed by atoms with van der Waals surface area (Å²) in [5, 5.41) is 0.789. The van der Waals surface area contributed by atoms with E-state index >= 15 is 0 Å². The Bertz CT molecular complexity index is 295. The number of rotatable bonds is 3. The van der Waals surface area contributed by atoms with Crippen molar-refractivity contribution < 1.29 is 0 Å². The van der Waals surface area contributed by atoms with Crippen molar-refractivity contribution in [2.24, 2.45) is 11.3 Å². The van der Waals surface area contributed by atoms with Crippen LogP contribution in [0.1, 0.15) is 26.3 Å². The first-order valence-corrected chi connectivity index (χ1v) is 6.15. The van der Waals surface area contributed by atoms with Gasteiger partial charge in [0.05, 0.1) is 0 Å². The Labute approximate surface area is 103 Å². The summed E-state index contributed by atoms with van der Waals surface area (Å²) in [7, 11) is 0. The highest BCUT2D eigenvalue weighted by Crippen LogP contribution is 2.30. The molecule has 1 rings (SSSR count). The molecule has 0 bridgehead atoms. The molecule has 0 spiro atoms. The zero-order valence-electron chi connectivity index (χ0n) is 9.56. The molecule has 0 aliphatic heterocycles. The lowest BCUT2D eigenvalue weighted by Crippen LogP contribution is -2.24. The first-order valence-electron chi connectivity index (χ1n) is 5.24. The Hall–Kier alpha value is -0.200. The minimum atomic E-state index is 0.251. The summed E-state index contributed by atoms with van der Waals surface area (Å²) in [6.07, 6.45) is 1.02. The van der Waals surface area contributed by atoms with Crippen LogP contribution in [0.2, 0.25) is 5.02 Å². The van der Waals surface area contributed by atoms with E-state index in [1.54, 1.807) is 0 Å². The molecule has 1 aromatic rings. The summed E-state index contributed by atoms with van der Waals surface area (Å²) in [6, 6.07) is 8.02. The predicted molar refractivity (Wildman–Crippen MR) is 68.8 cm³/mol. The third-order valence-electron chi connectivity index (χ3n) is 2.81. The third-order valence-corrected chi connectivity index (χ3v) is 3.43. The minimum absolute atomic E-state index is 0.251. The van der Waals surface area contributed by atoms with Gasteiger partial charge >= 0.3 is 0 Å². The van der Waals surface area contributed by atoms with E-state index in [1.807, 2.05) is 12.1 Å². The van der Waals surface area contributed by atoms with Crippen molar-refractivity contribution in [1.29, 1.82) is 0 Å². The highest BCUT2D eigenvalue weighted by molar-refractivity contribution is 6.30. The van der Waals surface area contributed by atoms with Gasteiger partial charge in [0.25, 0.3) is 0 Å². The second-order valence-electron chi connectivity index (χ2n) is 5.05. The van der Waals surface area contributed by atoms with E-state index in [4.69, 9.17) is 23.2 Å². The quantitative estimate of drug-likeness (QED) is 0.672. The van der Waals surface area contributed by atoms with Crippen molar-refractivity contribution in [3.05, 3.63) is 34.9 Å². The Morgan fingerprint density at radius 1 is 1.13 bits per heavy atom. The maximum Gasteiger partial charge on any atom is 0.0406 e. The standard InChI is InChI=1S/C13H18Cl2/c1-13(2,3)11(9-14)8-10-4-6-12(15)7-5-10/h4-7,11H,8-9H2,1-3H3. The van der Waals surface area contributed by atoms with Crippen LogP contribution in [-0.2, 0) is 6.42 Å². The van der Waals surface area contributed by atoms with Gasteiger partial charge in [-0.25, -0.2) is 0 Å². The van der Waals surface area contributed by atoms with Crippen LogP contribution in [0.3, 0.4) is 0 Å². The molecule has 0 amide bonds. The van der Waals surface area contributed by atoms with Crippen LogP contribution in [0.5, 0.6) is 0 Å². The lowest BCUT2D eigenvalue weighted by atomic mass is 9.78. The molecule has 0 radical (unpaired) electrons. The smallest absolute Gasteiger partial charge is 0.0406 e. The van der Waals surface area contributed by atoms with Crippen LogP contribution in [0.15, 0.2) is 24.3 Å². The molecule has 2 heteroatoms. The van der Waals surface area contributed by atoms with Crippen molar-refractivity contribution in [2.45, 2.75) is 27.2 Å². The molecule has 1 aromatic carbocycles. The largest absolute Gasteiger partial charge is 0.126 e. The van der Waals surface area contributed by atoms with Gasteiger partial charge in [-0.1, -0.05) is 44.5 Å². The molecular weight excluding hydrogens is 227 g/mol. The highest BCUT2D eigenvalue weighted by atomic mass is 35.5. The zero-order chi connectivity index (χ0) is 11.5. The molecule has 0 heterocycles. The summed E-state index contributed by atoms with van der Waals surface area (Å²) >= 11 is 11.9. The van der Waals surface area contributed by atoms with E-state index in [9.17, 15) is 0 Å². The van der Waals surface area contributed by atoms with E-state index < -0.39 is 0 Å². The van der Waals surface area contributed by atoms with Crippen LogP contribution < -0.4 is 0 Å². The molecular formula is C13H18Cl2. The summed E-state index contributed by atoms with van der Waals surface area (Å²) in [4.78, 5) is 0. The molecule has 0 nitrogen and oxygen atoms in total. The predicted octanol–water partition coefficient (Wildman–Crippen LogP) is 4.78. The van der Waals surface area contributed by atoms with Crippen molar-refractivity contribution in [1.82, 2.24) is 0 Å². The van der Waals surface area contributed by atoms with Gasteiger partial charge in [0.15, 0.2) is 0 Å². The second-order valence-corrected chi connectivity index (χ2v) is 5.79. The molecule has 1 atom stereocenters. The highest BCUT2D eigenvalue weighted by Gasteiger charge is 2.23. The molecule has 1 unspecified atom stereocenters. The Morgan fingerprint density at radius 3 is 2.07 bits per heavy atom. The van der Waals surface area contributed by atoms with Crippen LogP contribution in [0.4, 0.5) is 0 Å². The Kier molecular flexibility index (Phi) is 4.48. The van der Waals surface area contributed by atoms with E-state index in [1.165, 1.54) is 5.56 Å². The van der Waals surface area contributed by atoms with Crippen molar-refractivity contribution >= 4 is 23.2 Å². The Morgan fingerprint density at radius 2 is 1.67 bits per heavy atom. The molecule has 0 aliphatic carbocycles. The van der Waals surface area contributed by atoms with Gasteiger partial charge in [-0.3, -0.25) is 0 Å². The molecule has 84 valence electrons. The van der Waals surface area contributed by atoms with Gasteiger partial charge < -0.3 is 0 Å². The lowest BCUT2D eigenvalue weighted by Gasteiger charge is -2.29. The Balaban J connectivity index is 2.71. The molecule has 0 saturated heterocycles. The zero-order valence-corrected chi connectivity index (χ0v) is 11.1. The lowest BCUT2D eigenvalue weighted by molar-refractivity contribution is 0.264. The second kappa shape index (κ2) is 5.23. The fourth-order valence-corrected chi connectivity index (χ4v) is 2.20. The van der Waals surface area contributed by atoms with E-state index in [2.05, 4.69) is 32.9 Å². The minimum Gasteiger partial charge on any atom is -0.126 e. The average molecular weight is 245 g/mol. The van der Waals surface area contributed by atoms with Crippen LogP contribution in [0.25, 0.3) is 0 Å². The van der Waals surface area contributed by atoms with Gasteiger partial charge in [0.1, 0.15) is 0 Å². The third kappa shape index (κ3) is 4.04. The molecule has 0 fully saturated rings. The molecule has 0 N–H and O–H groups in total. The first-order chi connectivity index (χ1) is 6.93.